The van der Waals surface area contributed by atoms with Crippen LogP contribution in [0.4, 0.5) is 5.69 Å². The van der Waals surface area contributed by atoms with Gasteiger partial charge in [-0.2, -0.15) is 0 Å². The number of hydrogen-bond donors (Lipinski definition) is 1. The van der Waals surface area contributed by atoms with Gasteiger partial charge in [-0.3, -0.25) is 4.79 Å². The van der Waals surface area contributed by atoms with Crippen LogP contribution >= 0.6 is 15.9 Å². The first-order valence-electron chi connectivity index (χ1n) is 6.36. The molecule has 2 aromatic carbocycles. The number of hydrogen-bond acceptors (Lipinski definition) is 2. The van der Waals surface area contributed by atoms with Crippen molar-refractivity contribution in [2.24, 2.45) is 0 Å². The summed E-state index contributed by atoms with van der Waals surface area (Å²) >= 11 is 3.38. The Morgan fingerprint density at radius 3 is 2.65 bits per heavy atom. The van der Waals surface area contributed by atoms with Crippen LogP contribution in [0.3, 0.4) is 0 Å². The van der Waals surface area contributed by atoms with E-state index in [2.05, 4.69) is 21.2 Å². The minimum atomic E-state index is -0.0229. The van der Waals surface area contributed by atoms with Gasteiger partial charge in [0.2, 0.25) is 5.91 Å². The lowest BCUT2D eigenvalue weighted by Crippen LogP contribution is -2.13. The van der Waals surface area contributed by atoms with Gasteiger partial charge in [-0.25, -0.2) is 0 Å². The molecule has 0 atom stereocenters. The predicted molar refractivity (Wildman–Crippen MR) is 84.1 cm³/mol. The second kappa shape index (κ2) is 7.10. The van der Waals surface area contributed by atoms with E-state index < -0.39 is 0 Å². The molecule has 0 aliphatic heterocycles. The zero-order valence-electron chi connectivity index (χ0n) is 11.2. The molecule has 1 N–H and O–H groups in total. The Morgan fingerprint density at radius 1 is 1.20 bits per heavy atom. The minimum absolute atomic E-state index is 0.0229. The molecule has 0 bridgehead atoms. The highest BCUT2D eigenvalue weighted by atomic mass is 79.9. The number of nitrogens with one attached hydrogen (secondary N) is 1. The Balaban J connectivity index is 1.96. The van der Waals surface area contributed by atoms with Crippen LogP contribution in [0.1, 0.15) is 12.0 Å². The number of aryl methyl sites for hydroxylation is 1. The SMILES string of the molecule is COc1ccc(Br)cc1NC(=O)CCc1ccccc1. The third kappa shape index (κ3) is 4.10. The molecule has 0 saturated heterocycles. The fourth-order valence-corrected chi connectivity index (χ4v) is 2.25. The van der Waals surface area contributed by atoms with Gasteiger partial charge in [-0.05, 0) is 30.2 Å². The lowest BCUT2D eigenvalue weighted by molar-refractivity contribution is -0.116. The van der Waals surface area contributed by atoms with E-state index in [0.717, 1.165) is 16.5 Å². The summed E-state index contributed by atoms with van der Waals surface area (Å²) in [7, 11) is 1.59. The number of ether oxygens (including phenoxy) is 1. The molecule has 3 nitrogen and oxygen atoms in total. The molecule has 0 heterocycles. The molecule has 0 fully saturated rings. The van der Waals surface area contributed by atoms with Crippen LogP contribution < -0.4 is 10.1 Å². The highest BCUT2D eigenvalue weighted by Crippen LogP contribution is 2.28. The van der Waals surface area contributed by atoms with Gasteiger partial charge in [0.15, 0.2) is 0 Å². The van der Waals surface area contributed by atoms with Gasteiger partial charge in [-0.15, -0.1) is 0 Å². The van der Waals surface area contributed by atoms with Crippen LogP contribution in [0.25, 0.3) is 0 Å². The second-order valence-electron chi connectivity index (χ2n) is 4.38. The van der Waals surface area contributed by atoms with Crippen LogP contribution in [0.15, 0.2) is 53.0 Å². The van der Waals surface area contributed by atoms with E-state index in [-0.39, 0.29) is 5.91 Å². The van der Waals surface area contributed by atoms with E-state index in [1.807, 2.05) is 48.5 Å². The van der Waals surface area contributed by atoms with Crippen LogP contribution in [0, 0.1) is 0 Å². The van der Waals surface area contributed by atoms with E-state index in [0.29, 0.717) is 17.9 Å². The van der Waals surface area contributed by atoms with Crippen molar-refractivity contribution in [2.45, 2.75) is 12.8 Å². The van der Waals surface area contributed by atoms with Gasteiger partial charge in [0, 0.05) is 10.9 Å². The molecule has 0 aliphatic rings. The van der Waals surface area contributed by atoms with Crippen LogP contribution in [-0.4, -0.2) is 13.0 Å². The maximum Gasteiger partial charge on any atom is 0.224 e. The number of benzene rings is 2. The summed E-state index contributed by atoms with van der Waals surface area (Å²) in [5.41, 5.74) is 1.84. The molecule has 2 aromatic rings. The number of amides is 1. The van der Waals surface area contributed by atoms with Crippen molar-refractivity contribution < 1.29 is 9.53 Å². The van der Waals surface area contributed by atoms with Crippen molar-refractivity contribution in [3.63, 3.8) is 0 Å². The molecule has 0 radical (unpaired) electrons. The zero-order valence-corrected chi connectivity index (χ0v) is 12.8. The third-order valence-corrected chi connectivity index (χ3v) is 3.41. The van der Waals surface area contributed by atoms with Crippen molar-refractivity contribution in [1.29, 1.82) is 0 Å². The summed E-state index contributed by atoms with van der Waals surface area (Å²) in [5, 5.41) is 2.88. The molecule has 4 heteroatoms. The summed E-state index contributed by atoms with van der Waals surface area (Å²) in [4.78, 5) is 12.0. The summed E-state index contributed by atoms with van der Waals surface area (Å²) in [6, 6.07) is 15.5. The third-order valence-electron chi connectivity index (χ3n) is 2.92. The minimum Gasteiger partial charge on any atom is -0.495 e. The Hall–Kier alpha value is -1.81. The van der Waals surface area contributed by atoms with E-state index >= 15 is 0 Å². The molecule has 0 saturated carbocycles. The molecule has 2 rings (SSSR count). The first-order valence-corrected chi connectivity index (χ1v) is 7.15. The smallest absolute Gasteiger partial charge is 0.224 e. The van der Waals surface area contributed by atoms with Crippen molar-refractivity contribution in [3.05, 3.63) is 58.6 Å². The topological polar surface area (TPSA) is 38.3 Å². The van der Waals surface area contributed by atoms with Gasteiger partial charge >= 0.3 is 0 Å². The summed E-state index contributed by atoms with van der Waals surface area (Å²) in [5.74, 6) is 0.631. The summed E-state index contributed by atoms with van der Waals surface area (Å²) in [6.45, 7) is 0. The Morgan fingerprint density at radius 2 is 1.95 bits per heavy atom. The molecule has 0 aliphatic carbocycles. The average molecular weight is 334 g/mol. The van der Waals surface area contributed by atoms with E-state index in [1.165, 1.54) is 0 Å². The van der Waals surface area contributed by atoms with Gasteiger partial charge in [0.05, 0.1) is 12.8 Å². The lowest BCUT2D eigenvalue weighted by Gasteiger charge is -2.10. The average Bonchev–Trinajstić information content (AvgIpc) is 2.46. The van der Waals surface area contributed by atoms with Gasteiger partial charge in [0.1, 0.15) is 5.75 Å². The molecular formula is C16H16BrNO2. The largest absolute Gasteiger partial charge is 0.495 e. The number of carbonyl (C=O) groups excluding carboxylic acids is 1. The number of rotatable bonds is 5. The Labute approximate surface area is 127 Å². The van der Waals surface area contributed by atoms with Crippen molar-refractivity contribution in [2.75, 3.05) is 12.4 Å². The lowest BCUT2D eigenvalue weighted by atomic mass is 10.1. The fraction of sp³-hybridized carbons (Fsp3) is 0.188. The maximum atomic E-state index is 12.0. The van der Waals surface area contributed by atoms with Gasteiger partial charge in [0.25, 0.3) is 0 Å². The molecule has 1 amide bonds. The zero-order chi connectivity index (χ0) is 14.4. The second-order valence-corrected chi connectivity index (χ2v) is 5.29. The first kappa shape index (κ1) is 14.6. The number of halogens is 1. The maximum absolute atomic E-state index is 12.0. The number of methoxy groups -OCH3 is 1. The highest BCUT2D eigenvalue weighted by Gasteiger charge is 2.08. The summed E-state index contributed by atoms with van der Waals surface area (Å²) < 4.78 is 6.13. The quantitative estimate of drug-likeness (QED) is 0.897. The van der Waals surface area contributed by atoms with Crippen molar-refractivity contribution in [3.8, 4) is 5.75 Å². The van der Waals surface area contributed by atoms with Crippen molar-refractivity contribution >= 4 is 27.5 Å². The monoisotopic (exact) mass is 333 g/mol. The predicted octanol–water partition coefficient (Wildman–Crippen LogP) is 4.03. The molecule has 0 unspecified atom stereocenters. The highest BCUT2D eigenvalue weighted by molar-refractivity contribution is 9.10. The van der Waals surface area contributed by atoms with E-state index in [9.17, 15) is 4.79 Å². The summed E-state index contributed by atoms with van der Waals surface area (Å²) in [6.07, 6.45) is 1.17. The van der Waals surface area contributed by atoms with E-state index in [1.54, 1.807) is 7.11 Å². The first-order chi connectivity index (χ1) is 9.69. The van der Waals surface area contributed by atoms with Gasteiger partial charge < -0.3 is 10.1 Å². The van der Waals surface area contributed by atoms with Gasteiger partial charge in [-0.1, -0.05) is 46.3 Å². The van der Waals surface area contributed by atoms with Crippen LogP contribution in [0.2, 0.25) is 0 Å². The van der Waals surface area contributed by atoms with Crippen molar-refractivity contribution in [1.82, 2.24) is 0 Å². The fourth-order valence-electron chi connectivity index (χ4n) is 1.89. The molecular weight excluding hydrogens is 318 g/mol. The standard InChI is InChI=1S/C16H16BrNO2/c1-20-15-9-8-13(17)11-14(15)18-16(19)10-7-12-5-3-2-4-6-12/h2-6,8-9,11H,7,10H2,1H3,(H,18,19). The molecule has 20 heavy (non-hydrogen) atoms. The molecule has 0 spiro atoms. The Kier molecular flexibility index (Phi) is 5.18. The number of carbonyl (C=O) groups is 1. The Bertz CT molecular complexity index is 584. The van der Waals surface area contributed by atoms with Crippen LogP contribution in [-0.2, 0) is 11.2 Å². The normalized spacial score (nSPS) is 10.1. The molecule has 0 aromatic heterocycles. The molecule has 104 valence electrons. The number of anilines is 1. The van der Waals surface area contributed by atoms with E-state index in [4.69, 9.17) is 4.74 Å². The van der Waals surface area contributed by atoms with Crippen LogP contribution in [0.5, 0.6) is 5.75 Å².